The predicted molar refractivity (Wildman–Crippen MR) is 219 cm³/mol. The van der Waals surface area contributed by atoms with Gasteiger partial charge in [-0.25, -0.2) is 0 Å². The molecule has 0 aliphatic heterocycles. The lowest BCUT2D eigenvalue weighted by Crippen LogP contribution is -2.15. The van der Waals surface area contributed by atoms with Crippen molar-refractivity contribution in [3.05, 3.63) is 186 Å². The maximum absolute atomic E-state index is 3.69. The number of fused-ring (bicyclic) bond motifs is 8. The molecule has 1 aromatic heterocycles. The Hall–Kier alpha value is -6.12. The SMILES string of the molecule is CC1(C)c2ccccc2-c2ccc(Nc3ccc(-c4ccc5c(c4)-c4c(c6ccccc6n4-c4ccc(-c6ccccc6)cc4)C5(C)C)cc3)cc21. The summed E-state index contributed by atoms with van der Waals surface area (Å²) in [6.45, 7) is 9.42. The first-order valence-corrected chi connectivity index (χ1v) is 18.4. The van der Waals surface area contributed by atoms with Crippen LogP contribution in [0.25, 0.3) is 61.2 Å². The minimum atomic E-state index is -0.127. The van der Waals surface area contributed by atoms with E-state index in [0.717, 1.165) is 11.4 Å². The van der Waals surface area contributed by atoms with Crippen molar-refractivity contribution in [2.75, 3.05) is 5.32 Å². The molecule has 0 atom stereocenters. The smallest absolute Gasteiger partial charge is 0.0585 e. The zero-order valence-electron chi connectivity index (χ0n) is 30.0. The first kappa shape index (κ1) is 30.7. The molecule has 2 aliphatic rings. The number of aromatic nitrogens is 1. The second-order valence-electron chi connectivity index (χ2n) is 15.5. The number of para-hydroxylation sites is 1. The molecule has 2 heteroatoms. The van der Waals surface area contributed by atoms with E-state index in [1.165, 1.54) is 83.5 Å². The number of anilines is 2. The molecule has 0 radical (unpaired) electrons. The predicted octanol–water partition coefficient (Wildman–Crippen LogP) is 13.3. The van der Waals surface area contributed by atoms with Gasteiger partial charge in [0.2, 0.25) is 0 Å². The van der Waals surface area contributed by atoms with Crippen molar-refractivity contribution < 1.29 is 0 Å². The Labute approximate surface area is 306 Å². The maximum atomic E-state index is 3.69. The Morgan fingerprint density at radius 2 is 1.02 bits per heavy atom. The summed E-state index contributed by atoms with van der Waals surface area (Å²) in [4.78, 5) is 0. The van der Waals surface area contributed by atoms with Gasteiger partial charge in [0.25, 0.3) is 0 Å². The Kier molecular flexibility index (Phi) is 6.60. The molecule has 52 heavy (non-hydrogen) atoms. The maximum Gasteiger partial charge on any atom is 0.0585 e. The number of nitrogens with zero attached hydrogens (tertiary/aromatic N) is 1. The number of hydrogen-bond acceptors (Lipinski definition) is 1. The quantitative estimate of drug-likeness (QED) is 0.193. The Bertz CT molecular complexity index is 2670. The van der Waals surface area contributed by atoms with Gasteiger partial charge in [-0.2, -0.15) is 0 Å². The van der Waals surface area contributed by atoms with Crippen LogP contribution in [0.3, 0.4) is 0 Å². The summed E-state index contributed by atoms with van der Waals surface area (Å²) in [5.41, 5.74) is 20.2. The molecular weight excluding hydrogens is 629 g/mol. The van der Waals surface area contributed by atoms with Gasteiger partial charge in [0.1, 0.15) is 0 Å². The van der Waals surface area contributed by atoms with Crippen LogP contribution < -0.4 is 5.32 Å². The summed E-state index contributed by atoms with van der Waals surface area (Å²) in [6, 6.07) is 60.2. The highest BCUT2D eigenvalue weighted by Crippen LogP contribution is 2.54. The molecule has 1 N–H and O–H groups in total. The van der Waals surface area contributed by atoms with Crippen LogP contribution in [-0.2, 0) is 10.8 Å². The van der Waals surface area contributed by atoms with Gasteiger partial charge in [-0.3, -0.25) is 0 Å². The molecule has 0 saturated heterocycles. The molecule has 2 aliphatic carbocycles. The zero-order valence-corrected chi connectivity index (χ0v) is 30.0. The van der Waals surface area contributed by atoms with E-state index in [1.807, 2.05) is 0 Å². The lowest BCUT2D eigenvalue weighted by molar-refractivity contribution is 0.660. The topological polar surface area (TPSA) is 17.0 Å². The molecule has 0 spiro atoms. The van der Waals surface area contributed by atoms with Gasteiger partial charge in [-0.05, 0) is 104 Å². The molecular formula is C50H40N2. The highest BCUT2D eigenvalue weighted by atomic mass is 15.0. The molecule has 0 fully saturated rings. The van der Waals surface area contributed by atoms with Gasteiger partial charge in [-0.1, -0.05) is 143 Å². The second-order valence-corrected chi connectivity index (χ2v) is 15.5. The summed E-state index contributed by atoms with van der Waals surface area (Å²) >= 11 is 0. The average molecular weight is 669 g/mol. The van der Waals surface area contributed by atoms with Crippen LogP contribution in [0.2, 0.25) is 0 Å². The molecule has 10 rings (SSSR count). The summed E-state index contributed by atoms with van der Waals surface area (Å²) in [5.74, 6) is 0. The van der Waals surface area contributed by atoms with Gasteiger partial charge in [0, 0.05) is 38.8 Å². The summed E-state index contributed by atoms with van der Waals surface area (Å²) in [5, 5.41) is 5.01. The van der Waals surface area contributed by atoms with Crippen molar-refractivity contribution in [2.45, 2.75) is 38.5 Å². The van der Waals surface area contributed by atoms with E-state index in [4.69, 9.17) is 0 Å². The standard InChI is InChI=1S/C50H40N2/c1-49(2)43-16-10-8-14-39(43)40-28-25-37(31-45(40)49)51-36-23-18-34(19-24-36)35-22-29-44-42(30-35)48-47(50(44,3)4)41-15-9-11-17-46(41)52(48)38-26-20-33(21-27-38)32-12-6-5-7-13-32/h5-31,51H,1-4H3. The van der Waals surface area contributed by atoms with Crippen molar-refractivity contribution in [2.24, 2.45) is 0 Å². The van der Waals surface area contributed by atoms with Crippen molar-refractivity contribution in [1.82, 2.24) is 4.57 Å². The van der Waals surface area contributed by atoms with Gasteiger partial charge in [0.15, 0.2) is 0 Å². The fraction of sp³-hybridized carbons (Fsp3) is 0.120. The summed E-state index contributed by atoms with van der Waals surface area (Å²) in [7, 11) is 0. The fourth-order valence-corrected chi connectivity index (χ4v) is 9.12. The monoisotopic (exact) mass is 668 g/mol. The number of rotatable bonds is 5. The first-order valence-electron chi connectivity index (χ1n) is 18.4. The fourth-order valence-electron chi connectivity index (χ4n) is 9.12. The van der Waals surface area contributed by atoms with Crippen molar-refractivity contribution >= 4 is 22.3 Å². The van der Waals surface area contributed by atoms with Crippen LogP contribution >= 0.6 is 0 Å². The van der Waals surface area contributed by atoms with Crippen molar-refractivity contribution in [1.29, 1.82) is 0 Å². The second kappa shape index (κ2) is 11.2. The van der Waals surface area contributed by atoms with Crippen LogP contribution in [0.4, 0.5) is 11.4 Å². The van der Waals surface area contributed by atoms with E-state index in [0.29, 0.717) is 0 Å². The third-order valence-corrected chi connectivity index (χ3v) is 11.8. The number of nitrogens with one attached hydrogen (secondary N) is 1. The van der Waals surface area contributed by atoms with Crippen LogP contribution in [0.15, 0.2) is 164 Å². The zero-order chi connectivity index (χ0) is 35.2. The minimum Gasteiger partial charge on any atom is -0.356 e. The molecule has 7 aromatic carbocycles. The third-order valence-electron chi connectivity index (χ3n) is 11.8. The van der Waals surface area contributed by atoms with Gasteiger partial charge < -0.3 is 9.88 Å². The van der Waals surface area contributed by atoms with E-state index in [2.05, 4.69) is 201 Å². The van der Waals surface area contributed by atoms with Gasteiger partial charge >= 0.3 is 0 Å². The minimum absolute atomic E-state index is 0.0210. The van der Waals surface area contributed by atoms with E-state index in [-0.39, 0.29) is 10.8 Å². The lowest BCUT2D eigenvalue weighted by atomic mass is 9.81. The van der Waals surface area contributed by atoms with Gasteiger partial charge in [0.05, 0.1) is 11.2 Å². The van der Waals surface area contributed by atoms with Crippen LogP contribution in [0.1, 0.15) is 49.9 Å². The van der Waals surface area contributed by atoms with Crippen molar-refractivity contribution in [3.63, 3.8) is 0 Å². The van der Waals surface area contributed by atoms with E-state index < -0.39 is 0 Å². The van der Waals surface area contributed by atoms with Gasteiger partial charge in [-0.15, -0.1) is 0 Å². The molecule has 1 heterocycles. The first-order chi connectivity index (χ1) is 25.3. The van der Waals surface area contributed by atoms with E-state index in [1.54, 1.807) is 0 Å². The highest BCUT2D eigenvalue weighted by Gasteiger charge is 2.41. The molecule has 0 bridgehead atoms. The average Bonchev–Trinajstić information content (AvgIpc) is 3.73. The van der Waals surface area contributed by atoms with Crippen molar-refractivity contribution in [3.8, 4) is 50.3 Å². The summed E-state index contributed by atoms with van der Waals surface area (Å²) in [6.07, 6.45) is 0. The van der Waals surface area contributed by atoms with Crippen LogP contribution in [0.5, 0.6) is 0 Å². The Morgan fingerprint density at radius 3 is 1.83 bits per heavy atom. The van der Waals surface area contributed by atoms with Crippen LogP contribution in [-0.4, -0.2) is 4.57 Å². The summed E-state index contributed by atoms with van der Waals surface area (Å²) < 4.78 is 2.49. The third kappa shape index (κ3) is 4.50. The lowest BCUT2D eigenvalue weighted by Gasteiger charge is -2.22. The number of hydrogen-bond donors (Lipinski definition) is 1. The van der Waals surface area contributed by atoms with Crippen LogP contribution in [0, 0.1) is 0 Å². The molecule has 250 valence electrons. The molecule has 0 amide bonds. The molecule has 0 saturated carbocycles. The molecule has 2 nitrogen and oxygen atoms in total. The normalized spacial score (nSPS) is 14.5. The Morgan fingerprint density at radius 1 is 0.423 bits per heavy atom. The largest absolute Gasteiger partial charge is 0.356 e. The highest BCUT2D eigenvalue weighted by molar-refractivity contribution is 6.00. The van der Waals surface area contributed by atoms with E-state index in [9.17, 15) is 0 Å². The molecule has 0 unspecified atom stereocenters. The molecule has 8 aromatic rings. The number of benzene rings is 7. The van der Waals surface area contributed by atoms with E-state index >= 15 is 0 Å². The Balaban J connectivity index is 1.01.